The van der Waals surface area contributed by atoms with E-state index in [9.17, 15) is 4.21 Å². The first-order chi connectivity index (χ1) is 11.6. The van der Waals surface area contributed by atoms with Crippen molar-refractivity contribution in [1.29, 1.82) is 0 Å². The summed E-state index contributed by atoms with van der Waals surface area (Å²) >= 11 is 0. The van der Waals surface area contributed by atoms with Crippen molar-refractivity contribution in [2.24, 2.45) is 5.92 Å². The molecule has 0 saturated heterocycles. The zero-order valence-electron chi connectivity index (χ0n) is 14.1. The second-order valence-corrected chi connectivity index (χ2v) is 7.72. The third-order valence-corrected chi connectivity index (χ3v) is 5.11. The van der Waals surface area contributed by atoms with Crippen molar-refractivity contribution in [3.05, 3.63) is 54.1 Å². The molecule has 3 aromatic rings. The molecule has 0 radical (unpaired) electrons. The summed E-state index contributed by atoms with van der Waals surface area (Å²) < 4.78 is 12.5. The second-order valence-electron chi connectivity index (χ2n) is 6.36. The Balaban J connectivity index is 1.61. The minimum absolute atomic E-state index is 0.464. The van der Waals surface area contributed by atoms with E-state index in [2.05, 4.69) is 29.1 Å². The number of rotatable bonds is 7. The lowest BCUT2D eigenvalue weighted by Gasteiger charge is -2.09. The lowest BCUT2D eigenvalue weighted by atomic mass is 10.1. The van der Waals surface area contributed by atoms with Gasteiger partial charge in [-0.15, -0.1) is 0 Å². The molecule has 2 N–H and O–H groups in total. The van der Waals surface area contributed by atoms with Crippen molar-refractivity contribution in [2.75, 3.05) is 11.9 Å². The van der Waals surface area contributed by atoms with E-state index in [-0.39, 0.29) is 0 Å². The third-order valence-electron chi connectivity index (χ3n) is 3.89. The average Bonchev–Trinajstić information content (AvgIpc) is 3.00. The van der Waals surface area contributed by atoms with E-state index in [0.29, 0.717) is 16.8 Å². The van der Waals surface area contributed by atoms with Crippen LogP contribution in [-0.4, -0.2) is 20.7 Å². The van der Waals surface area contributed by atoms with Gasteiger partial charge in [-0.05, 0) is 42.2 Å². The molecule has 1 unspecified atom stereocenters. The summed E-state index contributed by atoms with van der Waals surface area (Å²) in [5, 5.41) is 3.95. The van der Waals surface area contributed by atoms with Gasteiger partial charge in [-0.3, -0.25) is 4.21 Å². The van der Waals surface area contributed by atoms with E-state index in [1.54, 1.807) is 0 Å². The summed E-state index contributed by atoms with van der Waals surface area (Å²) in [6.45, 7) is 5.41. The normalized spacial score (nSPS) is 12.6. The Kier molecular flexibility index (Phi) is 5.30. The molecule has 0 spiro atoms. The number of aromatic amines is 1. The van der Waals surface area contributed by atoms with Crippen molar-refractivity contribution in [2.45, 2.75) is 31.2 Å². The van der Waals surface area contributed by atoms with Crippen molar-refractivity contribution in [3.8, 4) is 0 Å². The van der Waals surface area contributed by atoms with Crippen molar-refractivity contribution in [3.63, 3.8) is 0 Å². The first-order valence-corrected chi connectivity index (χ1v) is 9.59. The van der Waals surface area contributed by atoms with Gasteiger partial charge in [0.2, 0.25) is 0 Å². The van der Waals surface area contributed by atoms with E-state index in [0.717, 1.165) is 35.2 Å². The van der Waals surface area contributed by atoms with Crippen LogP contribution >= 0.6 is 0 Å². The van der Waals surface area contributed by atoms with Gasteiger partial charge < -0.3 is 10.3 Å². The highest BCUT2D eigenvalue weighted by atomic mass is 32.2. The first-order valence-electron chi connectivity index (χ1n) is 8.28. The van der Waals surface area contributed by atoms with Crippen molar-refractivity contribution < 1.29 is 4.21 Å². The molecule has 0 fully saturated rings. The number of anilines is 1. The topological polar surface area (TPSA) is 57.8 Å². The van der Waals surface area contributed by atoms with Gasteiger partial charge in [-0.1, -0.05) is 38.1 Å². The lowest BCUT2D eigenvalue weighted by Crippen LogP contribution is -2.05. The van der Waals surface area contributed by atoms with E-state index in [1.807, 2.05) is 48.5 Å². The monoisotopic (exact) mass is 341 g/mol. The molecule has 0 bridgehead atoms. The Labute approximate surface area is 145 Å². The minimum Gasteiger partial charge on any atom is -0.385 e. The Morgan fingerprint density at radius 1 is 1.12 bits per heavy atom. The predicted molar refractivity (Wildman–Crippen MR) is 101 cm³/mol. The molecule has 4 nitrogen and oxygen atoms in total. The predicted octanol–water partition coefficient (Wildman–Crippen LogP) is 4.33. The maximum absolute atomic E-state index is 12.5. The van der Waals surface area contributed by atoms with Crippen LogP contribution in [-0.2, 0) is 16.6 Å². The summed E-state index contributed by atoms with van der Waals surface area (Å²) in [6, 6.07) is 15.9. The van der Waals surface area contributed by atoms with Crippen LogP contribution in [0, 0.1) is 5.92 Å². The van der Waals surface area contributed by atoms with Gasteiger partial charge in [0.25, 0.3) is 0 Å². The maximum atomic E-state index is 12.5. The lowest BCUT2D eigenvalue weighted by molar-refractivity contribution is 0.607. The fourth-order valence-corrected chi connectivity index (χ4v) is 3.54. The molecule has 126 valence electrons. The zero-order chi connectivity index (χ0) is 16.9. The Bertz CT molecular complexity index is 791. The maximum Gasteiger partial charge on any atom is 0.197 e. The molecule has 0 aliphatic rings. The van der Waals surface area contributed by atoms with Crippen LogP contribution in [0.5, 0.6) is 0 Å². The summed E-state index contributed by atoms with van der Waals surface area (Å²) in [5.74, 6) is 1.16. The summed E-state index contributed by atoms with van der Waals surface area (Å²) in [7, 11) is -1.17. The van der Waals surface area contributed by atoms with Crippen molar-refractivity contribution in [1.82, 2.24) is 9.97 Å². The number of hydrogen-bond acceptors (Lipinski definition) is 3. The van der Waals surface area contributed by atoms with Gasteiger partial charge in [-0.2, -0.15) is 0 Å². The standard InChI is InChI=1S/C19H23N3OS/c1-14(2)11-12-20-16-9-7-15(8-10-16)13-24(23)19-21-17-5-3-4-6-18(17)22-19/h3-10,14,20H,11-13H2,1-2H3,(H,21,22). The third kappa shape index (κ3) is 4.23. The van der Waals surface area contributed by atoms with Crippen LogP contribution in [0.3, 0.4) is 0 Å². The number of hydrogen-bond donors (Lipinski definition) is 2. The fraction of sp³-hybridized carbons (Fsp3) is 0.316. The highest BCUT2D eigenvalue weighted by Crippen LogP contribution is 2.17. The molecule has 3 rings (SSSR count). The smallest absolute Gasteiger partial charge is 0.197 e. The largest absolute Gasteiger partial charge is 0.385 e. The van der Waals surface area contributed by atoms with Gasteiger partial charge in [0, 0.05) is 12.2 Å². The summed E-state index contributed by atoms with van der Waals surface area (Å²) in [6.07, 6.45) is 1.15. The van der Waals surface area contributed by atoms with Gasteiger partial charge in [0.1, 0.15) is 0 Å². The summed E-state index contributed by atoms with van der Waals surface area (Å²) in [4.78, 5) is 7.56. The number of aromatic nitrogens is 2. The number of H-pyrrole nitrogens is 1. The molecular formula is C19H23N3OS. The quantitative estimate of drug-likeness (QED) is 0.672. The number of benzene rings is 2. The molecule has 2 aromatic carbocycles. The highest BCUT2D eigenvalue weighted by Gasteiger charge is 2.10. The van der Waals surface area contributed by atoms with Gasteiger partial charge in [0.05, 0.1) is 27.6 Å². The van der Waals surface area contributed by atoms with E-state index >= 15 is 0 Å². The molecule has 1 heterocycles. The zero-order valence-corrected chi connectivity index (χ0v) is 14.9. The van der Waals surface area contributed by atoms with Crippen LogP contribution in [0.15, 0.2) is 53.7 Å². The number of nitrogens with zero attached hydrogens (tertiary/aromatic N) is 1. The first kappa shape index (κ1) is 16.7. The van der Waals surface area contributed by atoms with Gasteiger partial charge in [0.15, 0.2) is 5.16 Å². The van der Waals surface area contributed by atoms with Crippen LogP contribution in [0.25, 0.3) is 11.0 Å². The number of fused-ring (bicyclic) bond motifs is 1. The number of nitrogens with one attached hydrogen (secondary N) is 2. The Hall–Kier alpha value is -2.14. The Morgan fingerprint density at radius 3 is 2.58 bits per heavy atom. The fourth-order valence-electron chi connectivity index (χ4n) is 2.48. The average molecular weight is 341 g/mol. The van der Waals surface area contributed by atoms with E-state index in [1.165, 1.54) is 0 Å². The molecule has 0 aliphatic heterocycles. The van der Waals surface area contributed by atoms with Crippen molar-refractivity contribution >= 4 is 27.5 Å². The second kappa shape index (κ2) is 7.62. The Morgan fingerprint density at radius 2 is 1.88 bits per heavy atom. The van der Waals surface area contributed by atoms with Crippen LogP contribution < -0.4 is 5.32 Å². The van der Waals surface area contributed by atoms with Gasteiger partial charge >= 0.3 is 0 Å². The molecule has 1 atom stereocenters. The molecule has 0 saturated carbocycles. The molecule has 1 aromatic heterocycles. The van der Waals surface area contributed by atoms with Gasteiger partial charge in [-0.25, -0.2) is 4.98 Å². The van der Waals surface area contributed by atoms with E-state index in [4.69, 9.17) is 0 Å². The number of para-hydroxylation sites is 2. The summed E-state index contributed by atoms with van der Waals surface area (Å²) in [5.41, 5.74) is 3.92. The molecule has 24 heavy (non-hydrogen) atoms. The molecule has 5 heteroatoms. The van der Waals surface area contributed by atoms with Crippen LogP contribution in [0.1, 0.15) is 25.8 Å². The minimum atomic E-state index is -1.17. The van der Waals surface area contributed by atoms with E-state index < -0.39 is 10.8 Å². The molecule has 0 amide bonds. The van der Waals surface area contributed by atoms with Crippen LogP contribution in [0.4, 0.5) is 5.69 Å². The molecule has 0 aliphatic carbocycles. The molecular weight excluding hydrogens is 318 g/mol. The van der Waals surface area contributed by atoms with Crippen LogP contribution in [0.2, 0.25) is 0 Å². The highest BCUT2D eigenvalue weighted by molar-refractivity contribution is 7.84. The SMILES string of the molecule is CC(C)CCNc1ccc(CS(=O)c2nc3ccccc3[nH]2)cc1. The number of imidazole rings is 1.